The van der Waals surface area contributed by atoms with Gasteiger partial charge in [-0.3, -0.25) is 14.4 Å². The van der Waals surface area contributed by atoms with E-state index in [0.717, 1.165) is 6.42 Å². The molecule has 1 atom stereocenters. The number of likely N-dealkylation sites (tertiary alicyclic amines) is 1. The molecule has 1 saturated heterocycles. The van der Waals surface area contributed by atoms with E-state index in [0.29, 0.717) is 56.0 Å². The highest BCUT2D eigenvalue weighted by molar-refractivity contribution is 5.95. The third-order valence-corrected chi connectivity index (χ3v) is 5.66. The Balaban J connectivity index is 1.61. The molecule has 2 N–H and O–H groups in total. The average Bonchev–Trinajstić information content (AvgIpc) is 3.23. The molecular formula is C23H33N3O5. The molecule has 2 aliphatic heterocycles. The molecule has 1 fully saturated rings. The number of carbonyl (C=O) groups is 3. The highest BCUT2D eigenvalue weighted by Crippen LogP contribution is 2.33. The Morgan fingerprint density at radius 3 is 2.52 bits per heavy atom. The Morgan fingerprint density at radius 1 is 1.13 bits per heavy atom. The summed E-state index contributed by atoms with van der Waals surface area (Å²) in [5.41, 5.74) is 0.560. The van der Waals surface area contributed by atoms with E-state index in [1.54, 1.807) is 23.1 Å². The predicted molar refractivity (Wildman–Crippen MR) is 116 cm³/mol. The lowest BCUT2D eigenvalue weighted by Crippen LogP contribution is -2.54. The molecule has 0 saturated carbocycles. The maximum Gasteiger partial charge on any atom is 0.253 e. The molecule has 2 heterocycles. The van der Waals surface area contributed by atoms with Crippen molar-refractivity contribution in [3.63, 3.8) is 0 Å². The fourth-order valence-corrected chi connectivity index (χ4v) is 4.01. The summed E-state index contributed by atoms with van der Waals surface area (Å²) in [5.74, 6) is 1.14. The molecule has 8 heteroatoms. The molecule has 0 radical (unpaired) electrons. The van der Waals surface area contributed by atoms with Gasteiger partial charge < -0.3 is 25.0 Å². The van der Waals surface area contributed by atoms with Gasteiger partial charge in [-0.15, -0.1) is 0 Å². The van der Waals surface area contributed by atoms with Crippen molar-refractivity contribution in [3.05, 3.63) is 23.8 Å². The first-order valence-corrected chi connectivity index (χ1v) is 11.1. The zero-order chi connectivity index (χ0) is 22.4. The van der Waals surface area contributed by atoms with Gasteiger partial charge in [-0.1, -0.05) is 20.8 Å². The molecule has 1 unspecified atom stereocenters. The van der Waals surface area contributed by atoms with Gasteiger partial charge >= 0.3 is 0 Å². The average molecular weight is 432 g/mol. The van der Waals surface area contributed by atoms with E-state index in [9.17, 15) is 14.4 Å². The predicted octanol–water partition coefficient (Wildman–Crippen LogP) is 2.32. The highest BCUT2D eigenvalue weighted by atomic mass is 16.7. The molecule has 8 nitrogen and oxygen atoms in total. The van der Waals surface area contributed by atoms with Gasteiger partial charge in [0, 0.05) is 31.6 Å². The minimum Gasteiger partial charge on any atom is -0.454 e. The topological polar surface area (TPSA) is 97.0 Å². The van der Waals surface area contributed by atoms with Crippen LogP contribution in [0.25, 0.3) is 0 Å². The fourth-order valence-electron chi connectivity index (χ4n) is 4.01. The molecule has 2 aliphatic rings. The van der Waals surface area contributed by atoms with Crippen LogP contribution in [0.3, 0.4) is 0 Å². The van der Waals surface area contributed by atoms with Gasteiger partial charge in [0.25, 0.3) is 5.91 Å². The minimum absolute atomic E-state index is 0.00577. The van der Waals surface area contributed by atoms with E-state index in [4.69, 9.17) is 9.47 Å². The van der Waals surface area contributed by atoms with Crippen LogP contribution in [0.2, 0.25) is 0 Å². The minimum atomic E-state index is -0.569. The molecule has 0 aliphatic carbocycles. The maximum absolute atomic E-state index is 12.9. The number of rotatable bonds is 8. The number of piperidine rings is 1. The van der Waals surface area contributed by atoms with E-state index >= 15 is 0 Å². The van der Waals surface area contributed by atoms with E-state index < -0.39 is 6.04 Å². The summed E-state index contributed by atoms with van der Waals surface area (Å²) in [7, 11) is 0. The van der Waals surface area contributed by atoms with Crippen molar-refractivity contribution in [1.82, 2.24) is 15.5 Å². The first-order valence-electron chi connectivity index (χ1n) is 11.1. The first kappa shape index (κ1) is 22.9. The number of fused-ring (bicyclic) bond motifs is 1. The number of benzene rings is 1. The Morgan fingerprint density at radius 2 is 1.84 bits per heavy atom. The first-order chi connectivity index (χ1) is 14.9. The highest BCUT2D eigenvalue weighted by Gasteiger charge is 2.34. The lowest BCUT2D eigenvalue weighted by atomic mass is 9.88. The van der Waals surface area contributed by atoms with Crippen molar-refractivity contribution in [1.29, 1.82) is 0 Å². The van der Waals surface area contributed by atoms with Crippen LogP contribution in [0.1, 0.15) is 56.8 Å². The molecule has 0 bridgehead atoms. The fraction of sp³-hybridized carbons (Fsp3) is 0.609. The lowest BCUT2D eigenvalue weighted by molar-refractivity contribution is -0.131. The number of carbonyl (C=O) groups excluding carboxylic acids is 3. The summed E-state index contributed by atoms with van der Waals surface area (Å²) >= 11 is 0. The van der Waals surface area contributed by atoms with Gasteiger partial charge in [-0.25, -0.2) is 0 Å². The van der Waals surface area contributed by atoms with E-state index in [1.165, 1.54) is 0 Å². The lowest BCUT2D eigenvalue weighted by Gasteiger charge is -2.36. The van der Waals surface area contributed by atoms with Crippen molar-refractivity contribution >= 4 is 17.7 Å². The second-order valence-electron chi connectivity index (χ2n) is 8.63. The zero-order valence-corrected chi connectivity index (χ0v) is 18.6. The van der Waals surface area contributed by atoms with Crippen LogP contribution < -0.4 is 20.1 Å². The smallest absolute Gasteiger partial charge is 0.253 e. The van der Waals surface area contributed by atoms with Crippen molar-refractivity contribution in [2.45, 2.75) is 52.5 Å². The van der Waals surface area contributed by atoms with Crippen molar-refractivity contribution < 1.29 is 23.9 Å². The normalized spacial score (nSPS) is 16.8. The second-order valence-corrected chi connectivity index (χ2v) is 8.63. The van der Waals surface area contributed by atoms with Crippen LogP contribution >= 0.6 is 0 Å². The van der Waals surface area contributed by atoms with Gasteiger partial charge in [0.2, 0.25) is 18.6 Å². The van der Waals surface area contributed by atoms with Crippen LogP contribution in [-0.4, -0.2) is 55.1 Å². The summed E-state index contributed by atoms with van der Waals surface area (Å²) in [6, 6.07) is 4.64. The number of amides is 3. The van der Waals surface area contributed by atoms with Gasteiger partial charge in [0.15, 0.2) is 11.5 Å². The number of nitrogens with one attached hydrogen (secondary N) is 2. The Hall–Kier alpha value is -2.77. The summed E-state index contributed by atoms with van der Waals surface area (Å²) in [4.78, 5) is 39.8. The quantitative estimate of drug-likeness (QED) is 0.659. The summed E-state index contributed by atoms with van der Waals surface area (Å²) in [5, 5.41) is 5.86. The SMILES string of the molecule is CCCNC(=O)C(NC(=O)CC(C)C)C1CCN(C(=O)c2ccc3c(c2)OCO3)CC1. The largest absolute Gasteiger partial charge is 0.454 e. The maximum atomic E-state index is 12.9. The van der Waals surface area contributed by atoms with Gasteiger partial charge in [0.05, 0.1) is 0 Å². The Kier molecular flexibility index (Phi) is 7.76. The molecule has 31 heavy (non-hydrogen) atoms. The van der Waals surface area contributed by atoms with Crippen molar-refractivity contribution in [2.24, 2.45) is 11.8 Å². The van der Waals surface area contributed by atoms with Crippen LogP contribution in [0, 0.1) is 11.8 Å². The van der Waals surface area contributed by atoms with Crippen LogP contribution in [0.15, 0.2) is 18.2 Å². The molecule has 0 spiro atoms. The van der Waals surface area contributed by atoms with E-state index in [2.05, 4.69) is 10.6 Å². The summed E-state index contributed by atoms with van der Waals surface area (Å²) in [6.07, 6.45) is 2.53. The standard InChI is InChI=1S/C23H33N3O5/c1-4-9-24-22(28)21(25-20(27)12-15(2)3)16-7-10-26(11-8-16)23(29)17-5-6-18-19(13-17)31-14-30-18/h5-6,13,15-16,21H,4,7-12,14H2,1-3H3,(H,24,28)(H,25,27). The van der Waals surface area contributed by atoms with Crippen LogP contribution in [0.5, 0.6) is 11.5 Å². The van der Waals surface area contributed by atoms with Crippen molar-refractivity contribution in [2.75, 3.05) is 26.4 Å². The third-order valence-electron chi connectivity index (χ3n) is 5.66. The molecule has 170 valence electrons. The Labute approximate surface area is 183 Å². The zero-order valence-electron chi connectivity index (χ0n) is 18.6. The van der Waals surface area contributed by atoms with Crippen LogP contribution in [0.4, 0.5) is 0 Å². The molecule has 0 aromatic heterocycles. The number of nitrogens with zero attached hydrogens (tertiary/aromatic N) is 1. The van der Waals surface area contributed by atoms with E-state index in [1.807, 2.05) is 20.8 Å². The third kappa shape index (κ3) is 5.89. The van der Waals surface area contributed by atoms with Crippen LogP contribution in [-0.2, 0) is 9.59 Å². The monoisotopic (exact) mass is 431 g/mol. The Bertz CT molecular complexity index is 802. The number of hydrogen-bond donors (Lipinski definition) is 2. The van der Waals surface area contributed by atoms with Gasteiger partial charge in [-0.05, 0) is 49.3 Å². The summed E-state index contributed by atoms with van der Waals surface area (Å²) in [6.45, 7) is 7.77. The molecule has 1 aromatic carbocycles. The molecule has 3 rings (SSSR count). The second kappa shape index (κ2) is 10.5. The van der Waals surface area contributed by atoms with Crippen molar-refractivity contribution in [3.8, 4) is 11.5 Å². The number of ether oxygens (including phenoxy) is 2. The van der Waals surface area contributed by atoms with E-state index in [-0.39, 0.29) is 36.4 Å². The van der Waals surface area contributed by atoms with Gasteiger partial charge in [-0.2, -0.15) is 0 Å². The van der Waals surface area contributed by atoms with Gasteiger partial charge in [0.1, 0.15) is 6.04 Å². The molecular weight excluding hydrogens is 398 g/mol. The molecule has 1 aromatic rings. The number of hydrogen-bond acceptors (Lipinski definition) is 5. The summed E-state index contributed by atoms with van der Waals surface area (Å²) < 4.78 is 10.7. The molecule has 3 amide bonds.